The zero-order valence-corrected chi connectivity index (χ0v) is 16.2. The molecule has 6 N–H and O–H groups in total. The number of phenols is 2. The Balaban J connectivity index is 2.71. The highest BCUT2D eigenvalue weighted by Gasteiger charge is 2.24. The van der Waals surface area contributed by atoms with Gasteiger partial charge in [0.2, 0.25) is 0 Å². The van der Waals surface area contributed by atoms with Crippen LogP contribution in [0.4, 0.5) is 22.7 Å². The van der Waals surface area contributed by atoms with E-state index in [1.54, 1.807) is 14.1 Å². The van der Waals surface area contributed by atoms with E-state index < -0.39 is 0 Å². The Bertz CT molecular complexity index is 700. The Morgan fingerprint density at radius 2 is 1.15 bits per heavy atom. The first-order valence-corrected chi connectivity index (χ1v) is 8.95. The minimum atomic E-state index is -0.138. The molecular formula is C20H30N4O2. The van der Waals surface area contributed by atoms with Crippen LogP contribution in [0, 0.1) is 0 Å². The molecule has 2 rings (SSSR count). The lowest BCUT2D eigenvalue weighted by atomic mass is 9.85. The van der Waals surface area contributed by atoms with E-state index >= 15 is 0 Å². The van der Waals surface area contributed by atoms with Crippen LogP contribution in [0.5, 0.6) is 11.5 Å². The van der Waals surface area contributed by atoms with E-state index in [-0.39, 0.29) is 17.4 Å². The molecule has 6 nitrogen and oxygen atoms in total. The summed E-state index contributed by atoms with van der Waals surface area (Å²) in [5.74, 6) is 0.288. The lowest BCUT2D eigenvalue weighted by Crippen LogP contribution is -2.07. The summed E-state index contributed by atoms with van der Waals surface area (Å²) in [5, 5.41) is 34.0. The summed E-state index contributed by atoms with van der Waals surface area (Å²) >= 11 is 0. The molecule has 2 aromatic rings. The van der Waals surface area contributed by atoms with Crippen LogP contribution in [0.1, 0.15) is 36.8 Å². The number of nitrogens with one attached hydrogen (secondary N) is 4. The van der Waals surface area contributed by atoms with Gasteiger partial charge in [0, 0.05) is 56.6 Å². The first-order valence-electron chi connectivity index (χ1n) is 8.95. The van der Waals surface area contributed by atoms with Crippen molar-refractivity contribution in [3.05, 3.63) is 35.4 Å². The highest BCUT2D eigenvalue weighted by molar-refractivity contribution is 5.72. The molecule has 0 aromatic heterocycles. The summed E-state index contributed by atoms with van der Waals surface area (Å²) < 4.78 is 0. The Labute approximate surface area is 155 Å². The molecule has 0 unspecified atom stereocenters. The maximum absolute atomic E-state index is 10.8. The molecule has 0 radical (unpaired) electrons. The molecule has 0 heterocycles. The second-order valence-corrected chi connectivity index (χ2v) is 6.26. The topological polar surface area (TPSA) is 88.6 Å². The van der Waals surface area contributed by atoms with E-state index in [4.69, 9.17) is 0 Å². The molecule has 142 valence electrons. The zero-order valence-electron chi connectivity index (χ0n) is 16.2. The molecule has 0 spiro atoms. The Morgan fingerprint density at radius 3 is 1.46 bits per heavy atom. The van der Waals surface area contributed by atoms with Gasteiger partial charge in [0.05, 0.1) is 11.4 Å². The average molecular weight is 358 g/mol. The molecule has 0 saturated carbocycles. The number of phenolic OH excluding ortho intramolecular Hbond substituents is 2. The van der Waals surface area contributed by atoms with Crippen LogP contribution < -0.4 is 21.3 Å². The summed E-state index contributed by atoms with van der Waals surface area (Å²) in [6.45, 7) is 2.10. The first-order chi connectivity index (χ1) is 12.5. The number of anilines is 4. The monoisotopic (exact) mass is 358 g/mol. The third-order valence-electron chi connectivity index (χ3n) is 4.72. The maximum atomic E-state index is 10.8. The lowest BCUT2D eigenvalue weighted by Gasteiger charge is -2.24. The second kappa shape index (κ2) is 8.56. The highest BCUT2D eigenvalue weighted by atomic mass is 16.3. The fourth-order valence-corrected chi connectivity index (χ4v) is 3.28. The molecule has 0 bridgehead atoms. The van der Waals surface area contributed by atoms with Crippen LogP contribution in [0.15, 0.2) is 24.3 Å². The predicted octanol–water partition coefficient (Wildman–Crippen LogP) is 4.20. The van der Waals surface area contributed by atoms with Crippen molar-refractivity contribution in [1.82, 2.24) is 0 Å². The van der Waals surface area contributed by atoms with Crippen molar-refractivity contribution in [2.45, 2.75) is 25.7 Å². The highest BCUT2D eigenvalue weighted by Crippen LogP contribution is 2.45. The van der Waals surface area contributed by atoms with Crippen molar-refractivity contribution < 1.29 is 10.2 Å². The smallest absolute Gasteiger partial charge is 0.142 e. The molecule has 0 saturated heterocycles. The van der Waals surface area contributed by atoms with Gasteiger partial charge in [-0.2, -0.15) is 0 Å². The summed E-state index contributed by atoms with van der Waals surface area (Å²) in [4.78, 5) is 0. The number of hydrogen-bond acceptors (Lipinski definition) is 6. The average Bonchev–Trinajstić information content (AvgIpc) is 2.67. The van der Waals surface area contributed by atoms with E-state index in [2.05, 4.69) is 28.2 Å². The van der Waals surface area contributed by atoms with Gasteiger partial charge >= 0.3 is 0 Å². The molecular weight excluding hydrogens is 328 g/mol. The molecule has 0 amide bonds. The zero-order chi connectivity index (χ0) is 19.3. The number of hydrogen-bond donors (Lipinski definition) is 6. The van der Waals surface area contributed by atoms with Gasteiger partial charge in [-0.3, -0.25) is 0 Å². The van der Waals surface area contributed by atoms with Crippen molar-refractivity contribution in [3.63, 3.8) is 0 Å². The standard InChI is InChI=1S/C20H30N4O2/c1-6-7-14(15-8-12(21-2)10-17(23-4)19(15)25)16-9-13(22-3)11-18(24-5)20(16)26/h8-11,14,21-26H,6-7H2,1-5H3. The summed E-state index contributed by atoms with van der Waals surface area (Å²) in [5.41, 5.74) is 4.70. The van der Waals surface area contributed by atoms with Gasteiger partial charge in [0.25, 0.3) is 0 Å². The maximum Gasteiger partial charge on any atom is 0.142 e. The third kappa shape index (κ3) is 3.74. The van der Waals surface area contributed by atoms with Crippen molar-refractivity contribution in [2.24, 2.45) is 0 Å². The quantitative estimate of drug-likeness (QED) is 0.313. The summed E-state index contributed by atoms with van der Waals surface area (Å²) in [6, 6.07) is 7.62. The fraction of sp³-hybridized carbons (Fsp3) is 0.400. The molecule has 2 aromatic carbocycles. The van der Waals surface area contributed by atoms with Crippen molar-refractivity contribution in [2.75, 3.05) is 49.5 Å². The normalized spacial score (nSPS) is 10.7. The third-order valence-corrected chi connectivity index (χ3v) is 4.72. The van der Waals surface area contributed by atoms with Crippen LogP contribution in [-0.4, -0.2) is 38.4 Å². The van der Waals surface area contributed by atoms with Gasteiger partial charge < -0.3 is 31.5 Å². The van der Waals surface area contributed by atoms with E-state index in [0.29, 0.717) is 11.4 Å². The van der Waals surface area contributed by atoms with Crippen LogP contribution in [0.25, 0.3) is 0 Å². The van der Waals surface area contributed by atoms with Gasteiger partial charge in [0.15, 0.2) is 0 Å². The molecule has 0 aliphatic carbocycles. The van der Waals surface area contributed by atoms with Crippen LogP contribution in [-0.2, 0) is 0 Å². The predicted molar refractivity (Wildman–Crippen MR) is 111 cm³/mol. The lowest BCUT2D eigenvalue weighted by molar-refractivity contribution is 0.453. The van der Waals surface area contributed by atoms with E-state index in [1.165, 1.54) is 0 Å². The van der Waals surface area contributed by atoms with Crippen LogP contribution in [0.3, 0.4) is 0 Å². The van der Waals surface area contributed by atoms with Crippen molar-refractivity contribution >= 4 is 22.7 Å². The van der Waals surface area contributed by atoms with E-state index in [0.717, 1.165) is 35.3 Å². The molecule has 0 fully saturated rings. The number of benzene rings is 2. The molecule has 0 aliphatic heterocycles. The van der Waals surface area contributed by atoms with Gasteiger partial charge in [-0.25, -0.2) is 0 Å². The minimum absolute atomic E-state index is 0.138. The molecule has 6 heteroatoms. The van der Waals surface area contributed by atoms with Gasteiger partial charge in [-0.1, -0.05) is 13.3 Å². The minimum Gasteiger partial charge on any atom is -0.505 e. The second-order valence-electron chi connectivity index (χ2n) is 6.26. The molecule has 26 heavy (non-hydrogen) atoms. The van der Waals surface area contributed by atoms with E-state index in [1.807, 2.05) is 38.4 Å². The Morgan fingerprint density at radius 1 is 0.731 bits per heavy atom. The largest absolute Gasteiger partial charge is 0.505 e. The van der Waals surface area contributed by atoms with Crippen LogP contribution in [0.2, 0.25) is 0 Å². The van der Waals surface area contributed by atoms with Crippen molar-refractivity contribution in [3.8, 4) is 11.5 Å². The first kappa shape index (κ1) is 19.6. The van der Waals surface area contributed by atoms with Crippen molar-refractivity contribution in [1.29, 1.82) is 0 Å². The summed E-state index contributed by atoms with van der Waals surface area (Å²) in [7, 11) is 7.27. The summed E-state index contributed by atoms with van der Waals surface area (Å²) in [6.07, 6.45) is 1.72. The molecule has 0 atom stereocenters. The fourth-order valence-electron chi connectivity index (χ4n) is 3.28. The number of rotatable bonds is 8. The SMILES string of the molecule is CCCC(c1cc(NC)cc(NC)c1O)c1cc(NC)cc(NC)c1O. The van der Waals surface area contributed by atoms with Crippen LogP contribution >= 0.6 is 0 Å². The van der Waals surface area contributed by atoms with Gasteiger partial charge in [0.1, 0.15) is 11.5 Å². The van der Waals surface area contributed by atoms with E-state index in [9.17, 15) is 10.2 Å². The van der Waals surface area contributed by atoms with Gasteiger partial charge in [-0.15, -0.1) is 0 Å². The van der Waals surface area contributed by atoms with Gasteiger partial charge in [-0.05, 0) is 30.7 Å². The Kier molecular flexibility index (Phi) is 6.44. The number of aromatic hydroxyl groups is 2. The molecule has 0 aliphatic rings. The Hall–Kier alpha value is -2.76.